The van der Waals surface area contributed by atoms with Crippen LogP contribution in [-0.2, 0) is 13.6 Å². The van der Waals surface area contributed by atoms with Crippen molar-refractivity contribution in [2.24, 2.45) is 13.0 Å². The molecule has 21 heavy (non-hydrogen) atoms. The van der Waals surface area contributed by atoms with Gasteiger partial charge in [-0.3, -0.25) is 14.4 Å². The van der Waals surface area contributed by atoms with Crippen LogP contribution in [0.25, 0.3) is 0 Å². The Bertz CT molecular complexity index is 606. The Labute approximate surface area is 125 Å². The number of Topliss-reactive ketones (excluding diaryl/α,β-unsaturated/α-hetero) is 1. The molecule has 4 heteroatoms. The third-order valence-corrected chi connectivity index (χ3v) is 4.09. The molecular weight excluding hydrogens is 262 g/mol. The summed E-state index contributed by atoms with van der Waals surface area (Å²) < 4.78 is 1.69. The number of carbonyl (C=O) groups is 1. The molecule has 0 amide bonds. The van der Waals surface area contributed by atoms with Gasteiger partial charge >= 0.3 is 0 Å². The fourth-order valence-corrected chi connectivity index (χ4v) is 3.01. The van der Waals surface area contributed by atoms with Gasteiger partial charge < -0.3 is 0 Å². The Hall–Kier alpha value is -1.94. The van der Waals surface area contributed by atoms with E-state index in [1.54, 1.807) is 4.68 Å². The molecule has 1 unspecified atom stereocenters. The highest BCUT2D eigenvalue weighted by atomic mass is 16.1. The second-order valence-electron chi connectivity index (χ2n) is 5.80. The lowest BCUT2D eigenvalue weighted by Gasteiger charge is -2.31. The van der Waals surface area contributed by atoms with Crippen LogP contribution < -0.4 is 0 Å². The van der Waals surface area contributed by atoms with Crippen LogP contribution in [0, 0.1) is 5.92 Å². The molecule has 0 bridgehead atoms. The lowest BCUT2D eigenvalue weighted by atomic mass is 9.92. The van der Waals surface area contributed by atoms with Gasteiger partial charge in [0.05, 0.1) is 0 Å². The van der Waals surface area contributed by atoms with Crippen LogP contribution in [0.3, 0.4) is 0 Å². The molecule has 0 saturated carbocycles. The van der Waals surface area contributed by atoms with Gasteiger partial charge in [-0.1, -0.05) is 30.3 Å². The second-order valence-corrected chi connectivity index (χ2v) is 5.80. The van der Waals surface area contributed by atoms with Gasteiger partial charge in [0.25, 0.3) is 0 Å². The maximum atomic E-state index is 12.5. The van der Waals surface area contributed by atoms with E-state index in [-0.39, 0.29) is 11.7 Å². The molecule has 0 radical (unpaired) electrons. The molecule has 1 fully saturated rings. The standard InChI is InChI=1S/C17H21N3O/c1-19-11-9-16(18-19)17(21)15-8-5-10-20(13-15)12-14-6-3-2-4-7-14/h2-4,6-7,9,11,15H,5,8,10,12-13H2,1H3. The monoisotopic (exact) mass is 283 g/mol. The van der Waals surface area contributed by atoms with Crippen molar-refractivity contribution in [1.29, 1.82) is 0 Å². The first-order chi connectivity index (χ1) is 10.2. The topological polar surface area (TPSA) is 38.1 Å². The van der Waals surface area contributed by atoms with E-state index >= 15 is 0 Å². The predicted molar refractivity (Wildman–Crippen MR) is 82.0 cm³/mol. The van der Waals surface area contributed by atoms with Crippen LogP contribution in [0.4, 0.5) is 0 Å². The van der Waals surface area contributed by atoms with Crippen molar-refractivity contribution in [3.63, 3.8) is 0 Å². The number of rotatable bonds is 4. The number of hydrogen-bond donors (Lipinski definition) is 0. The van der Waals surface area contributed by atoms with Crippen LogP contribution in [0.1, 0.15) is 28.9 Å². The summed E-state index contributed by atoms with van der Waals surface area (Å²) in [6.07, 6.45) is 3.88. The Balaban J connectivity index is 1.64. The quantitative estimate of drug-likeness (QED) is 0.809. The third-order valence-electron chi connectivity index (χ3n) is 4.09. The number of hydrogen-bond acceptors (Lipinski definition) is 3. The molecule has 3 rings (SSSR count). The Morgan fingerprint density at radius 1 is 1.29 bits per heavy atom. The van der Waals surface area contributed by atoms with Crippen LogP contribution >= 0.6 is 0 Å². The van der Waals surface area contributed by atoms with E-state index in [9.17, 15) is 4.79 Å². The molecule has 1 aliphatic rings. The summed E-state index contributed by atoms with van der Waals surface area (Å²) in [6.45, 7) is 2.83. The van der Waals surface area contributed by atoms with Crippen molar-refractivity contribution in [2.75, 3.05) is 13.1 Å². The molecule has 1 aromatic heterocycles. The fourth-order valence-electron chi connectivity index (χ4n) is 3.01. The SMILES string of the molecule is Cn1ccc(C(=O)C2CCCN(Cc3ccccc3)C2)n1. The van der Waals surface area contributed by atoms with E-state index in [1.807, 2.05) is 25.4 Å². The number of nitrogens with zero attached hydrogens (tertiary/aromatic N) is 3. The van der Waals surface area contributed by atoms with Gasteiger partial charge in [-0.05, 0) is 31.0 Å². The Kier molecular flexibility index (Phi) is 4.15. The first-order valence-electron chi connectivity index (χ1n) is 7.52. The molecule has 0 spiro atoms. The van der Waals surface area contributed by atoms with Crippen LogP contribution in [-0.4, -0.2) is 33.6 Å². The van der Waals surface area contributed by atoms with Crippen molar-refractivity contribution in [2.45, 2.75) is 19.4 Å². The lowest BCUT2D eigenvalue weighted by molar-refractivity contribution is 0.0805. The zero-order chi connectivity index (χ0) is 14.7. The van der Waals surface area contributed by atoms with Crippen molar-refractivity contribution in [1.82, 2.24) is 14.7 Å². The van der Waals surface area contributed by atoms with Gasteiger partial charge in [0.2, 0.25) is 0 Å². The average molecular weight is 283 g/mol. The minimum Gasteiger partial charge on any atom is -0.298 e. The van der Waals surface area contributed by atoms with Gasteiger partial charge in [-0.15, -0.1) is 0 Å². The molecule has 2 heterocycles. The largest absolute Gasteiger partial charge is 0.298 e. The smallest absolute Gasteiger partial charge is 0.187 e. The van der Waals surface area contributed by atoms with Gasteiger partial charge in [0.15, 0.2) is 5.78 Å². The zero-order valence-electron chi connectivity index (χ0n) is 12.4. The van der Waals surface area contributed by atoms with Gasteiger partial charge in [0, 0.05) is 32.3 Å². The Morgan fingerprint density at radius 3 is 2.81 bits per heavy atom. The van der Waals surface area contributed by atoms with E-state index in [0.29, 0.717) is 5.69 Å². The minimum absolute atomic E-state index is 0.0809. The minimum atomic E-state index is 0.0809. The van der Waals surface area contributed by atoms with Gasteiger partial charge in [-0.25, -0.2) is 0 Å². The lowest BCUT2D eigenvalue weighted by Crippen LogP contribution is -2.38. The van der Waals surface area contributed by atoms with Crippen LogP contribution in [0.15, 0.2) is 42.6 Å². The highest BCUT2D eigenvalue weighted by Gasteiger charge is 2.27. The summed E-state index contributed by atoms with van der Waals surface area (Å²) in [4.78, 5) is 14.9. The summed E-state index contributed by atoms with van der Waals surface area (Å²) >= 11 is 0. The first-order valence-corrected chi connectivity index (χ1v) is 7.52. The summed E-state index contributed by atoms with van der Waals surface area (Å²) in [5, 5.41) is 4.24. The number of piperidine rings is 1. The van der Waals surface area contributed by atoms with Crippen molar-refractivity contribution >= 4 is 5.78 Å². The van der Waals surface area contributed by atoms with E-state index in [4.69, 9.17) is 0 Å². The molecule has 2 aromatic rings. The molecule has 1 aliphatic heterocycles. The number of carbonyl (C=O) groups excluding carboxylic acids is 1. The normalized spacial score (nSPS) is 19.6. The number of aromatic nitrogens is 2. The highest BCUT2D eigenvalue weighted by molar-refractivity contribution is 5.96. The van der Waals surface area contributed by atoms with E-state index in [2.05, 4.69) is 34.3 Å². The zero-order valence-corrected chi connectivity index (χ0v) is 12.4. The number of benzene rings is 1. The predicted octanol–water partition coefficient (Wildman–Crippen LogP) is 2.52. The summed E-state index contributed by atoms with van der Waals surface area (Å²) in [7, 11) is 1.85. The molecule has 1 aromatic carbocycles. The van der Waals surface area contributed by atoms with Gasteiger partial charge in [0.1, 0.15) is 5.69 Å². The van der Waals surface area contributed by atoms with Crippen LogP contribution in [0.5, 0.6) is 0 Å². The first kappa shape index (κ1) is 14.0. The highest BCUT2D eigenvalue weighted by Crippen LogP contribution is 2.21. The molecular formula is C17H21N3O. The summed E-state index contributed by atoms with van der Waals surface area (Å²) in [5.74, 6) is 0.269. The van der Waals surface area contributed by atoms with E-state index in [0.717, 1.165) is 32.5 Å². The summed E-state index contributed by atoms with van der Waals surface area (Å²) in [6, 6.07) is 12.3. The number of aryl methyl sites for hydroxylation is 1. The van der Waals surface area contributed by atoms with E-state index in [1.165, 1.54) is 5.56 Å². The Morgan fingerprint density at radius 2 is 2.10 bits per heavy atom. The number of ketones is 1. The third kappa shape index (κ3) is 3.39. The van der Waals surface area contributed by atoms with Crippen molar-refractivity contribution < 1.29 is 4.79 Å². The molecule has 110 valence electrons. The van der Waals surface area contributed by atoms with Crippen molar-refractivity contribution in [3.05, 3.63) is 53.9 Å². The summed E-state index contributed by atoms with van der Waals surface area (Å²) in [5.41, 5.74) is 1.91. The molecule has 0 aliphatic carbocycles. The number of likely N-dealkylation sites (tertiary alicyclic amines) is 1. The maximum Gasteiger partial charge on any atom is 0.187 e. The van der Waals surface area contributed by atoms with Crippen molar-refractivity contribution in [3.8, 4) is 0 Å². The molecule has 4 nitrogen and oxygen atoms in total. The molecule has 0 N–H and O–H groups in total. The van der Waals surface area contributed by atoms with Gasteiger partial charge in [-0.2, -0.15) is 5.10 Å². The fraction of sp³-hybridized carbons (Fsp3) is 0.412. The second kappa shape index (κ2) is 6.22. The maximum absolute atomic E-state index is 12.5. The molecule has 1 saturated heterocycles. The van der Waals surface area contributed by atoms with Crippen LogP contribution in [0.2, 0.25) is 0 Å². The average Bonchev–Trinajstić information content (AvgIpc) is 2.94. The molecule has 1 atom stereocenters. The van der Waals surface area contributed by atoms with E-state index < -0.39 is 0 Å².